The maximum atomic E-state index is 6.43. The fourth-order valence-electron chi connectivity index (χ4n) is 4.27. The molecular weight excluding hydrogens is 234 g/mol. The molecule has 2 aliphatic rings. The van der Waals surface area contributed by atoms with Crippen molar-refractivity contribution in [1.82, 2.24) is 9.80 Å². The van der Waals surface area contributed by atoms with Crippen LogP contribution in [0.2, 0.25) is 0 Å². The third-order valence-electron chi connectivity index (χ3n) is 5.41. The van der Waals surface area contributed by atoms with Gasteiger partial charge in [-0.25, -0.2) is 0 Å². The Labute approximate surface area is 119 Å². The van der Waals surface area contributed by atoms with E-state index >= 15 is 0 Å². The van der Waals surface area contributed by atoms with Crippen LogP contribution in [0.4, 0.5) is 0 Å². The first-order chi connectivity index (χ1) is 9.02. The van der Waals surface area contributed by atoms with Gasteiger partial charge in [-0.1, -0.05) is 26.7 Å². The van der Waals surface area contributed by atoms with Gasteiger partial charge in [0.1, 0.15) is 0 Å². The summed E-state index contributed by atoms with van der Waals surface area (Å²) >= 11 is 0. The van der Waals surface area contributed by atoms with E-state index in [-0.39, 0.29) is 0 Å². The molecule has 19 heavy (non-hydrogen) atoms. The number of hydrogen-bond acceptors (Lipinski definition) is 3. The Kier molecular flexibility index (Phi) is 5.27. The van der Waals surface area contributed by atoms with Gasteiger partial charge >= 0.3 is 0 Å². The molecule has 1 heterocycles. The largest absolute Gasteiger partial charge is 0.326 e. The summed E-state index contributed by atoms with van der Waals surface area (Å²) in [6.07, 6.45) is 6.63. The van der Waals surface area contributed by atoms with Crippen LogP contribution in [0.1, 0.15) is 46.0 Å². The average Bonchev–Trinajstić information content (AvgIpc) is 2.74. The molecule has 2 N–H and O–H groups in total. The minimum atomic E-state index is 0.404. The normalized spacial score (nSPS) is 41.1. The summed E-state index contributed by atoms with van der Waals surface area (Å²) in [5.41, 5.74) is 6.43. The number of hydrogen-bond donors (Lipinski definition) is 1. The fraction of sp³-hybridized carbons (Fsp3) is 1.00. The number of nitrogens with two attached hydrogens (primary N) is 1. The number of likely N-dealkylation sites (tertiary alicyclic amines) is 1. The molecule has 5 unspecified atom stereocenters. The van der Waals surface area contributed by atoms with Crippen molar-refractivity contribution in [3.05, 3.63) is 0 Å². The molecule has 0 spiro atoms. The zero-order valence-corrected chi connectivity index (χ0v) is 13.3. The van der Waals surface area contributed by atoms with Crippen molar-refractivity contribution in [2.45, 2.75) is 64.1 Å². The molecular formula is C16H33N3. The molecule has 5 atom stereocenters. The zero-order valence-electron chi connectivity index (χ0n) is 13.3. The van der Waals surface area contributed by atoms with Crippen LogP contribution < -0.4 is 5.73 Å². The molecule has 112 valence electrons. The van der Waals surface area contributed by atoms with Crippen molar-refractivity contribution in [3.8, 4) is 0 Å². The first-order valence-electron chi connectivity index (χ1n) is 8.19. The smallest absolute Gasteiger partial charge is 0.0254 e. The highest BCUT2D eigenvalue weighted by Gasteiger charge is 2.39. The van der Waals surface area contributed by atoms with Gasteiger partial charge in [-0.05, 0) is 45.2 Å². The summed E-state index contributed by atoms with van der Waals surface area (Å²) in [7, 11) is 4.43. The lowest BCUT2D eigenvalue weighted by molar-refractivity contribution is 0.123. The molecule has 1 aliphatic heterocycles. The minimum Gasteiger partial charge on any atom is -0.326 e. The zero-order chi connectivity index (χ0) is 14.0. The lowest BCUT2D eigenvalue weighted by atomic mass is 9.80. The van der Waals surface area contributed by atoms with E-state index in [0.29, 0.717) is 18.1 Å². The minimum absolute atomic E-state index is 0.404. The van der Waals surface area contributed by atoms with Crippen molar-refractivity contribution in [1.29, 1.82) is 0 Å². The first kappa shape index (κ1) is 15.3. The van der Waals surface area contributed by atoms with Crippen LogP contribution in [0.5, 0.6) is 0 Å². The van der Waals surface area contributed by atoms with Crippen molar-refractivity contribution in [3.63, 3.8) is 0 Å². The van der Waals surface area contributed by atoms with E-state index < -0.39 is 0 Å². The Morgan fingerprint density at radius 1 is 1.21 bits per heavy atom. The Morgan fingerprint density at radius 2 is 1.95 bits per heavy atom. The lowest BCUT2D eigenvalue weighted by Gasteiger charge is -2.40. The van der Waals surface area contributed by atoms with Crippen molar-refractivity contribution < 1.29 is 0 Å². The summed E-state index contributed by atoms with van der Waals surface area (Å²) in [6.45, 7) is 7.15. The van der Waals surface area contributed by atoms with Crippen LogP contribution in [-0.4, -0.2) is 55.1 Å². The Bertz CT molecular complexity index is 279. The van der Waals surface area contributed by atoms with Gasteiger partial charge in [-0.2, -0.15) is 0 Å². The fourth-order valence-corrected chi connectivity index (χ4v) is 4.27. The van der Waals surface area contributed by atoms with Gasteiger partial charge in [0, 0.05) is 31.2 Å². The van der Waals surface area contributed by atoms with Gasteiger partial charge in [0.05, 0.1) is 0 Å². The standard InChI is InChI=1S/C16H33N3/c1-5-6-13-7-8-14(17)15(9-13)19-10-12(2)16(11-19)18(3)4/h12-16H,5-11,17H2,1-4H3. The summed E-state index contributed by atoms with van der Waals surface area (Å²) in [6, 6.07) is 1.75. The number of rotatable bonds is 4. The van der Waals surface area contributed by atoms with Crippen LogP contribution >= 0.6 is 0 Å². The number of likely N-dealkylation sites (N-methyl/N-ethyl adjacent to an activating group) is 1. The molecule has 0 aromatic heterocycles. The molecule has 3 heteroatoms. The molecule has 0 aromatic carbocycles. The Morgan fingerprint density at radius 3 is 2.53 bits per heavy atom. The third kappa shape index (κ3) is 3.50. The highest BCUT2D eigenvalue weighted by atomic mass is 15.3. The van der Waals surface area contributed by atoms with Crippen LogP contribution in [-0.2, 0) is 0 Å². The highest BCUT2D eigenvalue weighted by Crippen LogP contribution is 2.33. The summed E-state index contributed by atoms with van der Waals surface area (Å²) < 4.78 is 0. The van der Waals surface area contributed by atoms with Crippen molar-refractivity contribution in [2.75, 3.05) is 27.2 Å². The Hall–Kier alpha value is -0.120. The summed E-state index contributed by atoms with van der Waals surface area (Å²) in [5.74, 6) is 1.69. The topological polar surface area (TPSA) is 32.5 Å². The van der Waals surface area contributed by atoms with Crippen LogP contribution in [0.3, 0.4) is 0 Å². The summed E-state index contributed by atoms with van der Waals surface area (Å²) in [4.78, 5) is 5.09. The highest BCUT2D eigenvalue weighted by molar-refractivity contribution is 4.96. The predicted molar refractivity (Wildman–Crippen MR) is 82.2 cm³/mol. The monoisotopic (exact) mass is 267 g/mol. The summed E-state index contributed by atoms with van der Waals surface area (Å²) in [5, 5.41) is 0. The van der Waals surface area contributed by atoms with E-state index in [1.807, 2.05) is 0 Å². The van der Waals surface area contributed by atoms with E-state index in [9.17, 15) is 0 Å². The quantitative estimate of drug-likeness (QED) is 0.847. The molecule has 0 bridgehead atoms. The Balaban J connectivity index is 1.96. The molecule has 2 fully saturated rings. The van der Waals surface area contributed by atoms with Crippen LogP contribution in [0.15, 0.2) is 0 Å². The first-order valence-corrected chi connectivity index (χ1v) is 8.19. The second-order valence-corrected chi connectivity index (χ2v) is 7.16. The van der Waals surface area contributed by atoms with E-state index in [2.05, 4.69) is 37.7 Å². The molecule has 0 radical (unpaired) electrons. The average molecular weight is 267 g/mol. The number of nitrogens with zero attached hydrogens (tertiary/aromatic N) is 2. The van der Waals surface area contributed by atoms with Crippen molar-refractivity contribution in [2.24, 2.45) is 17.6 Å². The maximum absolute atomic E-state index is 6.43. The SMILES string of the molecule is CCCC1CCC(N)C(N2CC(C)C(N(C)C)C2)C1. The van der Waals surface area contributed by atoms with Gasteiger partial charge in [-0.3, -0.25) is 4.90 Å². The van der Waals surface area contributed by atoms with Gasteiger partial charge in [0.25, 0.3) is 0 Å². The van der Waals surface area contributed by atoms with Crippen LogP contribution in [0, 0.1) is 11.8 Å². The molecule has 1 aliphatic carbocycles. The van der Waals surface area contributed by atoms with Gasteiger partial charge in [0.15, 0.2) is 0 Å². The second kappa shape index (κ2) is 6.55. The maximum Gasteiger partial charge on any atom is 0.0254 e. The molecule has 1 saturated heterocycles. The van der Waals surface area contributed by atoms with Crippen LogP contribution in [0.25, 0.3) is 0 Å². The predicted octanol–water partition coefficient (Wildman–Crippen LogP) is 2.16. The van der Waals surface area contributed by atoms with Gasteiger partial charge in [0.2, 0.25) is 0 Å². The van der Waals surface area contributed by atoms with Gasteiger partial charge < -0.3 is 10.6 Å². The molecule has 2 rings (SSSR count). The third-order valence-corrected chi connectivity index (χ3v) is 5.41. The van der Waals surface area contributed by atoms with E-state index in [1.165, 1.54) is 45.2 Å². The second-order valence-electron chi connectivity index (χ2n) is 7.16. The van der Waals surface area contributed by atoms with E-state index in [1.54, 1.807) is 0 Å². The molecule has 0 aromatic rings. The lowest BCUT2D eigenvalue weighted by Crippen LogP contribution is -2.51. The molecule has 0 amide bonds. The molecule has 3 nitrogen and oxygen atoms in total. The van der Waals surface area contributed by atoms with E-state index in [4.69, 9.17) is 5.73 Å². The van der Waals surface area contributed by atoms with Crippen molar-refractivity contribution >= 4 is 0 Å². The van der Waals surface area contributed by atoms with E-state index in [0.717, 1.165) is 11.8 Å². The van der Waals surface area contributed by atoms with Gasteiger partial charge in [-0.15, -0.1) is 0 Å². The molecule has 1 saturated carbocycles.